The van der Waals surface area contributed by atoms with E-state index in [1.807, 2.05) is 31.4 Å². The lowest BCUT2D eigenvalue weighted by Gasteiger charge is -2.21. The number of benzene rings is 1. The van der Waals surface area contributed by atoms with Gasteiger partial charge in [0, 0.05) is 12.1 Å². The maximum atomic E-state index is 12.6. The molecule has 2 aromatic rings. The largest absolute Gasteiger partial charge is 0.494 e. The summed E-state index contributed by atoms with van der Waals surface area (Å²) in [7, 11) is 0. The van der Waals surface area contributed by atoms with E-state index in [1.165, 1.54) is 11.8 Å². The molecule has 2 amide bonds. The second-order valence-electron chi connectivity index (χ2n) is 5.87. The lowest BCUT2D eigenvalue weighted by molar-refractivity contribution is -0.123. The molecule has 0 saturated carbocycles. The zero-order chi connectivity index (χ0) is 19.9. The molecule has 0 radical (unpaired) electrons. The quantitative estimate of drug-likeness (QED) is 0.557. The lowest BCUT2D eigenvalue weighted by Crippen LogP contribution is -2.41. The minimum Gasteiger partial charge on any atom is -0.494 e. The number of thiophene rings is 1. The van der Waals surface area contributed by atoms with E-state index >= 15 is 0 Å². The van der Waals surface area contributed by atoms with Crippen LogP contribution in [0.3, 0.4) is 0 Å². The third kappa shape index (κ3) is 5.43. The molecule has 1 aromatic heterocycles. The Morgan fingerprint density at radius 1 is 1.32 bits per heavy atom. The van der Waals surface area contributed by atoms with Crippen molar-refractivity contribution in [1.29, 1.82) is 0 Å². The predicted molar refractivity (Wildman–Crippen MR) is 114 cm³/mol. The monoisotopic (exact) mass is 416 g/mol. The number of amides is 2. The van der Waals surface area contributed by atoms with Gasteiger partial charge in [0.25, 0.3) is 0 Å². The van der Waals surface area contributed by atoms with E-state index in [-0.39, 0.29) is 18.2 Å². The van der Waals surface area contributed by atoms with Crippen molar-refractivity contribution in [3.05, 3.63) is 46.7 Å². The van der Waals surface area contributed by atoms with E-state index in [1.54, 1.807) is 35.6 Å². The molecular weight excluding hydrogens is 396 g/mol. The average molecular weight is 417 g/mol. The molecule has 0 spiro atoms. The van der Waals surface area contributed by atoms with Crippen LogP contribution in [0.15, 0.2) is 52.0 Å². The summed E-state index contributed by atoms with van der Waals surface area (Å²) in [5.74, 6) is 0.226. The molecule has 2 heterocycles. The van der Waals surface area contributed by atoms with Crippen molar-refractivity contribution in [2.75, 3.05) is 11.9 Å². The van der Waals surface area contributed by atoms with Gasteiger partial charge in [-0.2, -0.15) is 5.10 Å². The Hall–Kier alpha value is -2.65. The third-order valence-corrected chi connectivity index (χ3v) is 5.82. The van der Waals surface area contributed by atoms with E-state index in [0.29, 0.717) is 17.5 Å². The Labute approximate surface area is 171 Å². The molecule has 2 N–H and O–H groups in total. The zero-order valence-corrected chi connectivity index (χ0v) is 17.1. The van der Waals surface area contributed by atoms with Gasteiger partial charge < -0.3 is 15.4 Å². The molecule has 7 nitrogen and oxygen atoms in total. The number of hydrogen-bond donors (Lipinski definition) is 2. The highest BCUT2D eigenvalue weighted by Gasteiger charge is 2.30. The van der Waals surface area contributed by atoms with E-state index in [9.17, 15) is 9.59 Å². The van der Waals surface area contributed by atoms with Gasteiger partial charge in [-0.15, -0.1) is 16.4 Å². The number of amidine groups is 1. The van der Waals surface area contributed by atoms with Crippen molar-refractivity contribution in [2.45, 2.75) is 25.5 Å². The molecule has 1 unspecified atom stereocenters. The van der Waals surface area contributed by atoms with Gasteiger partial charge in [0.15, 0.2) is 5.17 Å². The van der Waals surface area contributed by atoms with Crippen molar-refractivity contribution >= 4 is 51.5 Å². The van der Waals surface area contributed by atoms with Crippen LogP contribution in [0.2, 0.25) is 0 Å². The number of nitrogens with zero attached hydrogens (tertiary/aromatic N) is 2. The Bertz CT molecular complexity index is 892. The van der Waals surface area contributed by atoms with Gasteiger partial charge in [0.1, 0.15) is 11.0 Å². The molecule has 1 aliphatic heterocycles. The summed E-state index contributed by atoms with van der Waals surface area (Å²) in [5, 5.41) is 15.5. The minimum atomic E-state index is -0.573. The number of carbonyl (C=O) groups is 2. The predicted octanol–water partition coefficient (Wildman–Crippen LogP) is 3.49. The Morgan fingerprint density at radius 3 is 2.79 bits per heavy atom. The van der Waals surface area contributed by atoms with Gasteiger partial charge in [0.05, 0.1) is 17.2 Å². The Morgan fingerprint density at radius 2 is 2.11 bits per heavy atom. The van der Waals surface area contributed by atoms with Gasteiger partial charge in [-0.1, -0.05) is 17.8 Å². The molecule has 1 saturated heterocycles. The molecule has 9 heteroatoms. The maximum absolute atomic E-state index is 12.6. The van der Waals surface area contributed by atoms with Gasteiger partial charge in [0.2, 0.25) is 11.8 Å². The molecule has 3 rings (SSSR count). The number of ether oxygens (including phenoxy) is 1. The lowest BCUT2D eigenvalue weighted by atomic mass is 10.2. The van der Waals surface area contributed by atoms with Crippen LogP contribution in [0.5, 0.6) is 5.75 Å². The summed E-state index contributed by atoms with van der Waals surface area (Å²) in [5.41, 5.74) is 1.39. The number of rotatable bonds is 6. The molecule has 1 aliphatic rings. The minimum absolute atomic E-state index is 0.0835. The number of carbonyl (C=O) groups excluding carboxylic acids is 2. The number of thioether (sulfide) groups is 1. The highest BCUT2D eigenvalue weighted by atomic mass is 32.2. The number of nitrogens with one attached hydrogen (secondary N) is 2. The van der Waals surface area contributed by atoms with Crippen molar-refractivity contribution in [2.24, 2.45) is 10.2 Å². The maximum Gasteiger partial charge on any atom is 0.238 e. The van der Waals surface area contributed by atoms with E-state index in [0.717, 1.165) is 16.3 Å². The second-order valence-corrected chi connectivity index (χ2v) is 8.01. The van der Waals surface area contributed by atoms with E-state index in [4.69, 9.17) is 4.74 Å². The van der Waals surface area contributed by atoms with Crippen LogP contribution in [0.4, 0.5) is 5.69 Å². The van der Waals surface area contributed by atoms with Gasteiger partial charge in [-0.3, -0.25) is 9.59 Å². The first-order chi connectivity index (χ1) is 13.5. The molecule has 0 aliphatic carbocycles. The van der Waals surface area contributed by atoms with Crippen molar-refractivity contribution in [1.82, 2.24) is 5.32 Å². The number of anilines is 1. The SMILES string of the molecule is CCOc1ccc(NC(=O)C2CC(=O)NC(=NN=C(C)c3cccs3)S2)cc1. The van der Waals surface area contributed by atoms with Crippen LogP contribution in [0.1, 0.15) is 25.1 Å². The zero-order valence-electron chi connectivity index (χ0n) is 15.5. The topological polar surface area (TPSA) is 92.1 Å². The molecule has 28 heavy (non-hydrogen) atoms. The molecule has 146 valence electrons. The van der Waals surface area contributed by atoms with Crippen molar-refractivity contribution in [3.8, 4) is 5.75 Å². The van der Waals surface area contributed by atoms with Crippen molar-refractivity contribution in [3.63, 3.8) is 0 Å². The van der Waals surface area contributed by atoms with E-state index < -0.39 is 5.25 Å². The van der Waals surface area contributed by atoms with Crippen LogP contribution in [0, 0.1) is 0 Å². The van der Waals surface area contributed by atoms with Crippen LogP contribution in [-0.4, -0.2) is 34.6 Å². The highest BCUT2D eigenvalue weighted by molar-refractivity contribution is 8.15. The van der Waals surface area contributed by atoms with Crippen LogP contribution in [-0.2, 0) is 9.59 Å². The van der Waals surface area contributed by atoms with Gasteiger partial charge in [-0.25, -0.2) is 0 Å². The summed E-state index contributed by atoms with van der Waals surface area (Å²) >= 11 is 2.75. The molecule has 1 atom stereocenters. The highest BCUT2D eigenvalue weighted by Crippen LogP contribution is 2.23. The first kappa shape index (κ1) is 20.1. The number of hydrogen-bond acceptors (Lipinski definition) is 7. The first-order valence-corrected chi connectivity index (χ1v) is 10.5. The van der Waals surface area contributed by atoms with Crippen LogP contribution >= 0.6 is 23.1 Å². The van der Waals surface area contributed by atoms with E-state index in [2.05, 4.69) is 20.8 Å². The summed E-state index contributed by atoms with van der Waals surface area (Å²) < 4.78 is 5.39. The van der Waals surface area contributed by atoms with Gasteiger partial charge in [-0.05, 0) is 49.6 Å². The average Bonchev–Trinajstić information content (AvgIpc) is 3.22. The molecular formula is C19H20N4O3S2. The smallest absolute Gasteiger partial charge is 0.238 e. The fourth-order valence-electron chi connectivity index (χ4n) is 2.42. The fourth-order valence-corrected chi connectivity index (χ4v) is 4.02. The summed E-state index contributed by atoms with van der Waals surface area (Å²) in [6.45, 7) is 4.34. The summed E-state index contributed by atoms with van der Waals surface area (Å²) in [6, 6.07) is 11.0. The van der Waals surface area contributed by atoms with Crippen molar-refractivity contribution < 1.29 is 14.3 Å². The van der Waals surface area contributed by atoms with Crippen LogP contribution < -0.4 is 15.4 Å². The second kappa shape index (κ2) is 9.52. The molecule has 1 aromatic carbocycles. The standard InChI is InChI=1S/C19H20N4O3S2/c1-3-26-14-8-6-13(7-9-14)20-18(25)16-11-17(24)21-19(28-16)23-22-12(2)15-5-4-10-27-15/h4-10,16H,3,11H2,1-2H3,(H,20,25)(H,21,23,24). The Balaban J connectivity index is 1.64. The first-order valence-electron chi connectivity index (χ1n) is 8.71. The molecule has 1 fully saturated rings. The fraction of sp³-hybridized carbons (Fsp3) is 0.263. The Kier molecular flexibility index (Phi) is 6.83. The third-order valence-electron chi connectivity index (χ3n) is 3.76. The van der Waals surface area contributed by atoms with Crippen LogP contribution in [0.25, 0.3) is 0 Å². The summed E-state index contributed by atoms with van der Waals surface area (Å²) in [6.07, 6.45) is 0.0835. The summed E-state index contributed by atoms with van der Waals surface area (Å²) in [4.78, 5) is 25.5. The van der Waals surface area contributed by atoms with Gasteiger partial charge >= 0.3 is 0 Å². The molecule has 0 bridgehead atoms. The normalized spacial score (nSPS) is 18.6.